The first-order valence-electron chi connectivity index (χ1n) is 8.80. The zero-order chi connectivity index (χ0) is 17.2. The third-order valence-corrected chi connectivity index (χ3v) is 4.72. The van der Waals surface area contributed by atoms with Crippen LogP contribution in [0, 0.1) is 6.92 Å². The topological polar surface area (TPSA) is 67.7 Å². The summed E-state index contributed by atoms with van der Waals surface area (Å²) in [4.78, 5) is 11.0. The van der Waals surface area contributed by atoms with Crippen LogP contribution >= 0.6 is 0 Å². The molecule has 0 fully saturated rings. The Morgan fingerprint density at radius 3 is 2.96 bits per heavy atom. The molecular formula is C19H23N3O3. The molecule has 0 saturated carbocycles. The van der Waals surface area contributed by atoms with E-state index in [-0.39, 0.29) is 0 Å². The van der Waals surface area contributed by atoms with Crippen LogP contribution in [-0.2, 0) is 13.0 Å². The minimum atomic E-state index is -0.565. The molecule has 1 atom stereocenters. The second kappa shape index (κ2) is 6.98. The van der Waals surface area contributed by atoms with Crippen LogP contribution in [0.4, 0.5) is 0 Å². The molecule has 0 radical (unpaired) electrons. The number of hydrogen-bond donors (Lipinski definition) is 1. The predicted molar refractivity (Wildman–Crippen MR) is 92.8 cm³/mol. The molecular weight excluding hydrogens is 318 g/mol. The van der Waals surface area contributed by atoms with Gasteiger partial charge in [-0.05, 0) is 24.6 Å². The molecule has 0 bridgehead atoms. The van der Waals surface area contributed by atoms with E-state index >= 15 is 0 Å². The van der Waals surface area contributed by atoms with Crippen molar-refractivity contribution in [1.82, 2.24) is 14.9 Å². The highest BCUT2D eigenvalue weighted by Crippen LogP contribution is 2.32. The first-order valence-corrected chi connectivity index (χ1v) is 8.80. The summed E-state index contributed by atoms with van der Waals surface area (Å²) in [5.41, 5.74) is 3.15. The maximum Gasteiger partial charge on any atom is 0.161 e. The molecule has 132 valence electrons. The molecule has 4 rings (SSSR count). The van der Waals surface area contributed by atoms with Gasteiger partial charge in [-0.2, -0.15) is 0 Å². The van der Waals surface area contributed by atoms with E-state index in [2.05, 4.69) is 14.9 Å². The van der Waals surface area contributed by atoms with Crippen LogP contribution in [-0.4, -0.2) is 46.3 Å². The van der Waals surface area contributed by atoms with Crippen molar-refractivity contribution in [2.24, 2.45) is 0 Å². The van der Waals surface area contributed by atoms with Crippen molar-refractivity contribution < 1.29 is 14.6 Å². The normalized spacial score (nSPS) is 18.3. The molecule has 2 aromatic rings. The van der Waals surface area contributed by atoms with E-state index in [1.54, 1.807) is 0 Å². The lowest BCUT2D eigenvalue weighted by atomic mass is 10.0. The highest BCUT2D eigenvalue weighted by atomic mass is 16.5. The number of benzene rings is 1. The molecule has 1 aromatic heterocycles. The van der Waals surface area contributed by atoms with Crippen molar-refractivity contribution >= 4 is 0 Å². The van der Waals surface area contributed by atoms with Crippen LogP contribution in [0.1, 0.15) is 35.2 Å². The molecule has 6 heteroatoms. The average molecular weight is 341 g/mol. The van der Waals surface area contributed by atoms with Crippen molar-refractivity contribution in [3.05, 3.63) is 47.0 Å². The van der Waals surface area contributed by atoms with Gasteiger partial charge in [-0.1, -0.05) is 6.07 Å². The van der Waals surface area contributed by atoms with Gasteiger partial charge in [0.25, 0.3) is 0 Å². The van der Waals surface area contributed by atoms with E-state index in [9.17, 15) is 5.11 Å². The lowest BCUT2D eigenvalue weighted by molar-refractivity contribution is 0.105. The van der Waals surface area contributed by atoms with Gasteiger partial charge in [-0.3, -0.25) is 4.90 Å². The van der Waals surface area contributed by atoms with E-state index in [0.29, 0.717) is 19.8 Å². The van der Waals surface area contributed by atoms with Crippen molar-refractivity contribution in [1.29, 1.82) is 0 Å². The highest BCUT2D eigenvalue weighted by Gasteiger charge is 2.22. The molecule has 1 N–H and O–H groups in total. The van der Waals surface area contributed by atoms with Crippen molar-refractivity contribution in [3.63, 3.8) is 0 Å². The lowest BCUT2D eigenvalue weighted by Gasteiger charge is -2.29. The zero-order valence-electron chi connectivity index (χ0n) is 14.4. The van der Waals surface area contributed by atoms with Gasteiger partial charge in [0, 0.05) is 49.9 Å². The Hall–Kier alpha value is -2.18. The van der Waals surface area contributed by atoms with Crippen LogP contribution in [0.15, 0.2) is 24.4 Å². The SMILES string of the molecule is Cc1ncc2c(n1)CCN(CC(O)c1ccc3c(c1)OCCCO3)C2. The largest absolute Gasteiger partial charge is 0.490 e. The van der Waals surface area contributed by atoms with Crippen LogP contribution < -0.4 is 9.47 Å². The third-order valence-electron chi connectivity index (χ3n) is 4.72. The summed E-state index contributed by atoms with van der Waals surface area (Å²) in [6.07, 6.45) is 3.11. The highest BCUT2D eigenvalue weighted by molar-refractivity contribution is 5.44. The van der Waals surface area contributed by atoms with E-state index in [4.69, 9.17) is 9.47 Å². The Labute approximate surface area is 147 Å². The van der Waals surface area contributed by atoms with Crippen molar-refractivity contribution in [2.75, 3.05) is 26.3 Å². The summed E-state index contributed by atoms with van der Waals surface area (Å²) >= 11 is 0. The quantitative estimate of drug-likeness (QED) is 0.921. The number of ether oxygens (including phenoxy) is 2. The van der Waals surface area contributed by atoms with Crippen molar-refractivity contribution in [3.8, 4) is 11.5 Å². The molecule has 1 aromatic carbocycles. The first-order chi connectivity index (χ1) is 12.2. The van der Waals surface area contributed by atoms with Crippen LogP contribution in [0.25, 0.3) is 0 Å². The lowest BCUT2D eigenvalue weighted by Crippen LogP contribution is -2.34. The number of hydrogen-bond acceptors (Lipinski definition) is 6. The number of fused-ring (bicyclic) bond motifs is 2. The summed E-state index contributed by atoms with van der Waals surface area (Å²) in [5, 5.41) is 10.7. The maximum absolute atomic E-state index is 10.7. The Kier molecular flexibility index (Phi) is 4.55. The van der Waals surface area contributed by atoms with E-state index in [1.165, 1.54) is 0 Å². The molecule has 3 heterocycles. The standard InChI is InChI=1S/C19H23N3O3/c1-13-20-10-15-11-22(6-5-16(15)21-13)12-17(23)14-3-4-18-19(9-14)25-8-2-7-24-18/h3-4,9-10,17,23H,2,5-8,11-12H2,1H3. The van der Waals surface area contributed by atoms with Gasteiger partial charge in [0.1, 0.15) is 5.82 Å². The number of aryl methyl sites for hydroxylation is 1. The Morgan fingerprint density at radius 1 is 1.24 bits per heavy atom. The number of aliphatic hydroxyl groups is 1. The van der Waals surface area contributed by atoms with Gasteiger partial charge >= 0.3 is 0 Å². The molecule has 1 unspecified atom stereocenters. The molecule has 0 spiro atoms. The molecule has 0 saturated heterocycles. The van der Waals surface area contributed by atoms with Crippen LogP contribution in [0.3, 0.4) is 0 Å². The molecule has 0 amide bonds. The van der Waals surface area contributed by atoms with Crippen molar-refractivity contribution in [2.45, 2.75) is 32.4 Å². The fourth-order valence-corrected chi connectivity index (χ4v) is 3.37. The fourth-order valence-electron chi connectivity index (χ4n) is 3.37. The molecule has 6 nitrogen and oxygen atoms in total. The fraction of sp³-hybridized carbons (Fsp3) is 0.474. The van der Waals surface area contributed by atoms with E-state index in [0.717, 1.165) is 60.1 Å². The summed E-state index contributed by atoms with van der Waals surface area (Å²) in [7, 11) is 0. The van der Waals surface area contributed by atoms with Gasteiger partial charge in [0.2, 0.25) is 0 Å². The zero-order valence-corrected chi connectivity index (χ0v) is 14.4. The van der Waals surface area contributed by atoms with Gasteiger partial charge in [0.15, 0.2) is 11.5 Å². The first kappa shape index (κ1) is 16.3. The van der Waals surface area contributed by atoms with E-state index < -0.39 is 6.10 Å². The monoisotopic (exact) mass is 341 g/mol. The van der Waals surface area contributed by atoms with Gasteiger partial charge in [-0.25, -0.2) is 9.97 Å². The van der Waals surface area contributed by atoms with Gasteiger partial charge in [0.05, 0.1) is 19.3 Å². The number of rotatable bonds is 3. The van der Waals surface area contributed by atoms with E-state index in [1.807, 2.05) is 31.3 Å². The molecule has 2 aliphatic rings. The number of nitrogens with zero attached hydrogens (tertiary/aromatic N) is 3. The second-order valence-electron chi connectivity index (χ2n) is 6.65. The number of β-amino-alcohol motifs (C(OH)–C–C–N with tert-alkyl or cyclic N) is 1. The second-order valence-corrected chi connectivity index (χ2v) is 6.65. The number of aliphatic hydroxyl groups excluding tert-OH is 1. The Bertz CT molecular complexity index is 766. The average Bonchev–Trinajstić information content (AvgIpc) is 2.86. The summed E-state index contributed by atoms with van der Waals surface area (Å²) in [6, 6.07) is 5.71. The molecule has 0 aliphatic carbocycles. The minimum absolute atomic E-state index is 0.565. The van der Waals surface area contributed by atoms with Gasteiger partial charge in [-0.15, -0.1) is 0 Å². The Balaban J connectivity index is 1.45. The van der Waals surface area contributed by atoms with Crippen LogP contribution in [0.2, 0.25) is 0 Å². The summed E-state index contributed by atoms with van der Waals surface area (Å²) in [5.74, 6) is 2.30. The Morgan fingerprint density at radius 2 is 2.08 bits per heavy atom. The van der Waals surface area contributed by atoms with Crippen LogP contribution in [0.5, 0.6) is 11.5 Å². The summed E-state index contributed by atoms with van der Waals surface area (Å²) < 4.78 is 11.4. The predicted octanol–water partition coefficient (Wildman–Crippen LogP) is 2.04. The smallest absolute Gasteiger partial charge is 0.161 e. The minimum Gasteiger partial charge on any atom is -0.490 e. The number of aromatic nitrogens is 2. The third kappa shape index (κ3) is 3.60. The maximum atomic E-state index is 10.7. The molecule has 25 heavy (non-hydrogen) atoms. The molecule has 2 aliphatic heterocycles. The summed E-state index contributed by atoms with van der Waals surface area (Å²) in [6.45, 7) is 5.48. The van der Waals surface area contributed by atoms with Gasteiger partial charge < -0.3 is 14.6 Å².